The number of rotatable bonds is 3. The molecule has 0 aromatic carbocycles. The summed E-state index contributed by atoms with van der Waals surface area (Å²) in [4.78, 5) is 13.5. The largest absolute Gasteiger partial charge is 0.334 e. The van der Waals surface area contributed by atoms with Gasteiger partial charge in [0.05, 0.1) is 22.8 Å². The molecule has 8 heteroatoms. The van der Waals surface area contributed by atoms with E-state index in [1.54, 1.807) is 23.1 Å². The molecule has 25 heavy (non-hydrogen) atoms. The molecule has 0 spiro atoms. The summed E-state index contributed by atoms with van der Waals surface area (Å²) in [5.74, 6) is 1.18. The van der Waals surface area contributed by atoms with Gasteiger partial charge in [0.25, 0.3) is 5.89 Å². The van der Waals surface area contributed by atoms with E-state index in [2.05, 4.69) is 25.4 Å². The van der Waals surface area contributed by atoms with Gasteiger partial charge in [0.15, 0.2) is 5.82 Å². The Morgan fingerprint density at radius 1 is 1.12 bits per heavy atom. The average Bonchev–Trinajstić information content (AvgIpc) is 3.41. The van der Waals surface area contributed by atoms with Crippen molar-refractivity contribution in [1.29, 1.82) is 0 Å². The van der Waals surface area contributed by atoms with Crippen molar-refractivity contribution < 1.29 is 4.52 Å². The fourth-order valence-electron chi connectivity index (χ4n) is 3.62. The summed E-state index contributed by atoms with van der Waals surface area (Å²) in [6, 6.07) is 3.82. The lowest BCUT2D eigenvalue weighted by atomic mass is 9.82. The highest BCUT2D eigenvalue weighted by molar-refractivity contribution is 5.61. The maximum absolute atomic E-state index is 5.58. The molecule has 0 N–H and O–H groups in total. The summed E-state index contributed by atoms with van der Waals surface area (Å²) in [7, 11) is 0. The van der Waals surface area contributed by atoms with Gasteiger partial charge in [-0.25, -0.2) is 4.52 Å². The molecule has 0 unspecified atom stereocenters. The van der Waals surface area contributed by atoms with E-state index in [0.29, 0.717) is 11.7 Å². The van der Waals surface area contributed by atoms with Crippen molar-refractivity contribution in [2.75, 3.05) is 0 Å². The minimum atomic E-state index is -0.307. The van der Waals surface area contributed by atoms with Crippen molar-refractivity contribution >= 4 is 5.52 Å². The van der Waals surface area contributed by atoms with E-state index in [0.717, 1.165) is 42.5 Å². The summed E-state index contributed by atoms with van der Waals surface area (Å²) in [5, 5.41) is 12.1. The van der Waals surface area contributed by atoms with Gasteiger partial charge in [-0.3, -0.25) is 9.97 Å². The molecule has 1 aliphatic rings. The zero-order valence-corrected chi connectivity index (χ0v) is 13.4. The van der Waals surface area contributed by atoms with Crippen LogP contribution in [0.1, 0.15) is 37.2 Å². The molecule has 0 bridgehead atoms. The highest BCUT2D eigenvalue weighted by Crippen LogP contribution is 2.44. The van der Waals surface area contributed by atoms with Crippen molar-refractivity contribution in [2.24, 2.45) is 0 Å². The normalized spacial score (nSPS) is 16.5. The van der Waals surface area contributed by atoms with E-state index in [9.17, 15) is 0 Å². The van der Waals surface area contributed by atoms with Crippen LogP contribution in [0.25, 0.3) is 17.0 Å². The summed E-state index contributed by atoms with van der Waals surface area (Å²) in [6.07, 6.45) is 12.9. The van der Waals surface area contributed by atoms with Crippen molar-refractivity contribution in [3.63, 3.8) is 0 Å². The van der Waals surface area contributed by atoms with Gasteiger partial charge in [-0.15, -0.1) is 5.10 Å². The first kappa shape index (κ1) is 14.2. The molecule has 5 rings (SSSR count). The third-order valence-corrected chi connectivity index (χ3v) is 4.91. The van der Waals surface area contributed by atoms with Crippen LogP contribution < -0.4 is 0 Å². The fourth-order valence-corrected chi connectivity index (χ4v) is 3.62. The lowest BCUT2D eigenvalue weighted by Crippen LogP contribution is -2.26. The zero-order valence-electron chi connectivity index (χ0n) is 13.4. The van der Waals surface area contributed by atoms with E-state index in [1.807, 2.05) is 24.5 Å². The minimum absolute atomic E-state index is 0.307. The molecular weight excluding hydrogens is 318 g/mol. The smallest absolute Gasteiger partial charge is 0.258 e. The van der Waals surface area contributed by atoms with Gasteiger partial charge in [0.1, 0.15) is 0 Å². The molecular formula is C17H15N7O. The average molecular weight is 333 g/mol. The predicted molar refractivity (Wildman–Crippen MR) is 87.6 cm³/mol. The Balaban J connectivity index is 1.58. The van der Waals surface area contributed by atoms with Crippen molar-refractivity contribution in [3.05, 3.63) is 54.6 Å². The Hall–Kier alpha value is -3.16. The second-order valence-corrected chi connectivity index (χ2v) is 6.32. The van der Waals surface area contributed by atoms with Gasteiger partial charge in [-0.05, 0) is 25.0 Å². The van der Waals surface area contributed by atoms with E-state index < -0.39 is 0 Å². The lowest BCUT2D eigenvalue weighted by molar-refractivity contribution is 0.391. The van der Waals surface area contributed by atoms with E-state index in [4.69, 9.17) is 9.51 Å². The quantitative estimate of drug-likeness (QED) is 0.568. The molecule has 0 saturated heterocycles. The molecule has 4 aromatic heterocycles. The Labute approximate surface area is 142 Å². The van der Waals surface area contributed by atoms with E-state index >= 15 is 0 Å². The maximum atomic E-state index is 5.58. The first-order chi connectivity index (χ1) is 12.4. The molecule has 4 heterocycles. The first-order valence-electron chi connectivity index (χ1n) is 8.26. The lowest BCUT2D eigenvalue weighted by Gasteiger charge is -2.23. The van der Waals surface area contributed by atoms with Gasteiger partial charge in [0.2, 0.25) is 0 Å². The molecule has 4 aromatic rings. The van der Waals surface area contributed by atoms with Crippen molar-refractivity contribution in [2.45, 2.75) is 31.1 Å². The van der Waals surface area contributed by atoms with Crippen LogP contribution in [0.5, 0.6) is 0 Å². The summed E-state index contributed by atoms with van der Waals surface area (Å²) in [5.41, 5.74) is 2.33. The second-order valence-electron chi connectivity index (χ2n) is 6.32. The monoisotopic (exact) mass is 333 g/mol. The molecule has 1 fully saturated rings. The van der Waals surface area contributed by atoms with Gasteiger partial charge in [-0.2, -0.15) is 4.98 Å². The predicted octanol–water partition coefficient (Wildman–Crippen LogP) is 2.43. The zero-order chi connectivity index (χ0) is 16.7. The van der Waals surface area contributed by atoms with Crippen molar-refractivity contribution in [1.82, 2.24) is 34.9 Å². The topological polar surface area (TPSA) is 94.9 Å². The number of nitrogens with zero attached hydrogens (tertiary/aromatic N) is 7. The Morgan fingerprint density at radius 3 is 2.88 bits per heavy atom. The number of pyridine rings is 1. The third-order valence-electron chi connectivity index (χ3n) is 4.91. The van der Waals surface area contributed by atoms with Crippen LogP contribution in [-0.4, -0.2) is 34.9 Å². The number of hydrogen-bond acceptors (Lipinski definition) is 7. The van der Waals surface area contributed by atoms with Crippen LogP contribution in [0, 0.1) is 0 Å². The van der Waals surface area contributed by atoms with Gasteiger partial charge in [-0.1, -0.05) is 23.2 Å². The summed E-state index contributed by atoms with van der Waals surface area (Å²) in [6.45, 7) is 0. The fraction of sp³-hybridized carbons (Fsp3) is 0.294. The molecule has 1 saturated carbocycles. The van der Waals surface area contributed by atoms with Crippen LogP contribution in [0.15, 0.2) is 47.6 Å². The molecule has 0 radical (unpaired) electrons. The Morgan fingerprint density at radius 2 is 2.04 bits per heavy atom. The van der Waals surface area contributed by atoms with Crippen molar-refractivity contribution in [3.8, 4) is 11.5 Å². The van der Waals surface area contributed by atoms with Gasteiger partial charge < -0.3 is 4.52 Å². The maximum Gasteiger partial charge on any atom is 0.258 e. The number of fused-ring (bicyclic) bond motifs is 1. The molecule has 0 aliphatic heterocycles. The van der Waals surface area contributed by atoms with Gasteiger partial charge >= 0.3 is 0 Å². The Bertz CT molecular complexity index is 1020. The molecule has 1 aliphatic carbocycles. The Kier molecular flexibility index (Phi) is 3.09. The SMILES string of the molecule is c1cnc(C2(c3noc(-c4ccn5nncc5c4)n3)CCCC2)cn1. The molecule has 0 amide bonds. The molecule has 8 nitrogen and oxygen atoms in total. The van der Waals surface area contributed by atoms with Crippen LogP contribution in [0.4, 0.5) is 0 Å². The first-order valence-corrected chi connectivity index (χ1v) is 8.26. The summed E-state index contributed by atoms with van der Waals surface area (Å²) < 4.78 is 7.27. The summed E-state index contributed by atoms with van der Waals surface area (Å²) >= 11 is 0. The van der Waals surface area contributed by atoms with E-state index in [1.165, 1.54) is 0 Å². The second kappa shape index (κ2) is 5.44. The number of aromatic nitrogens is 7. The van der Waals surface area contributed by atoms with Crippen LogP contribution >= 0.6 is 0 Å². The number of hydrogen-bond donors (Lipinski definition) is 0. The molecule has 0 atom stereocenters. The minimum Gasteiger partial charge on any atom is -0.334 e. The third kappa shape index (κ3) is 2.21. The molecule has 124 valence electrons. The standard InChI is InChI=1S/C17H15N7O/c1-2-5-17(4-1,14-11-18-6-7-19-14)16-21-15(25-22-16)12-3-8-24-13(9-12)10-20-23-24/h3,6-11H,1-2,4-5H2. The van der Waals surface area contributed by atoms with Crippen LogP contribution in [0.2, 0.25) is 0 Å². The highest BCUT2D eigenvalue weighted by atomic mass is 16.5. The highest BCUT2D eigenvalue weighted by Gasteiger charge is 2.43. The van der Waals surface area contributed by atoms with E-state index in [-0.39, 0.29) is 5.41 Å². The van der Waals surface area contributed by atoms with Crippen LogP contribution in [0.3, 0.4) is 0 Å². The van der Waals surface area contributed by atoms with Crippen LogP contribution in [-0.2, 0) is 5.41 Å². The van der Waals surface area contributed by atoms with Gasteiger partial charge in [0, 0.05) is 30.4 Å².